The van der Waals surface area contributed by atoms with Crippen molar-refractivity contribution in [2.75, 3.05) is 7.11 Å². The minimum absolute atomic E-state index is 0.790. The number of carboxylic acid groups (broad SMARTS) is 1. The predicted molar refractivity (Wildman–Crippen MR) is 66.6 cm³/mol. The first-order chi connectivity index (χ1) is 7.55. The lowest BCUT2D eigenvalue weighted by Crippen LogP contribution is -2.28. The van der Waals surface area contributed by atoms with E-state index < -0.39 is 11.4 Å². The van der Waals surface area contributed by atoms with Crippen LogP contribution in [0.1, 0.15) is 33.3 Å². The number of hydrogen-bond donors (Lipinski definition) is 2. The van der Waals surface area contributed by atoms with Gasteiger partial charge in [-0.3, -0.25) is 4.79 Å². The van der Waals surface area contributed by atoms with Crippen LogP contribution in [0.3, 0.4) is 0 Å². The van der Waals surface area contributed by atoms with Crippen molar-refractivity contribution in [1.82, 2.24) is 0 Å². The van der Waals surface area contributed by atoms with E-state index in [4.69, 9.17) is 10.2 Å². The summed E-state index contributed by atoms with van der Waals surface area (Å²) in [6.45, 7) is 7.40. The van der Waals surface area contributed by atoms with Crippen LogP contribution >= 0.6 is 0 Å². The average molecular weight is 226 g/mol. The van der Waals surface area contributed by atoms with Crippen LogP contribution in [0.5, 0.6) is 0 Å². The molecule has 0 aliphatic rings. The Morgan fingerprint density at radius 1 is 1.06 bits per heavy atom. The molecule has 1 rings (SSSR count). The Kier molecular flexibility index (Phi) is 9.51. The fourth-order valence-corrected chi connectivity index (χ4v) is 0.978. The van der Waals surface area contributed by atoms with Crippen LogP contribution in [0.4, 0.5) is 0 Å². The fraction of sp³-hybridized carbons (Fsp3) is 0.462. The van der Waals surface area contributed by atoms with E-state index in [0.29, 0.717) is 0 Å². The summed E-state index contributed by atoms with van der Waals surface area (Å²) in [5.74, 6) is -0.797. The summed E-state index contributed by atoms with van der Waals surface area (Å²) >= 11 is 0. The van der Waals surface area contributed by atoms with Crippen LogP contribution in [0.15, 0.2) is 30.3 Å². The minimum Gasteiger partial charge on any atom is -0.481 e. The second kappa shape index (κ2) is 8.92. The smallest absolute Gasteiger partial charge is 0.313 e. The van der Waals surface area contributed by atoms with E-state index in [9.17, 15) is 4.79 Å². The molecular weight excluding hydrogens is 204 g/mol. The predicted octanol–water partition coefficient (Wildman–Crippen LogP) is 2.68. The maximum Gasteiger partial charge on any atom is 0.313 e. The number of aliphatic hydroxyl groups is 1. The number of aliphatic carboxylic acids is 1. The molecule has 0 aliphatic carbocycles. The van der Waals surface area contributed by atoms with Gasteiger partial charge in [0.2, 0.25) is 0 Å². The summed E-state index contributed by atoms with van der Waals surface area (Å²) in [7, 11) is 1.00. The molecule has 1 aromatic rings. The van der Waals surface area contributed by atoms with Crippen molar-refractivity contribution < 1.29 is 15.0 Å². The average Bonchev–Trinajstić information content (AvgIpc) is 2.35. The third kappa shape index (κ3) is 4.94. The van der Waals surface area contributed by atoms with Gasteiger partial charge in [0.15, 0.2) is 0 Å². The van der Waals surface area contributed by atoms with E-state index in [2.05, 4.69) is 0 Å². The SMILES string of the molecule is CC.CC(C)(C(=O)O)c1ccccc1.CO. The van der Waals surface area contributed by atoms with Crippen molar-refractivity contribution in [3.05, 3.63) is 35.9 Å². The van der Waals surface area contributed by atoms with Crippen LogP contribution in [0.25, 0.3) is 0 Å². The lowest BCUT2D eigenvalue weighted by molar-refractivity contribution is -0.142. The summed E-state index contributed by atoms with van der Waals surface area (Å²) in [5.41, 5.74) is 0.0406. The number of benzene rings is 1. The molecule has 16 heavy (non-hydrogen) atoms. The summed E-state index contributed by atoms with van der Waals surface area (Å²) in [4.78, 5) is 10.8. The Morgan fingerprint density at radius 2 is 1.44 bits per heavy atom. The standard InChI is InChI=1S/C10H12O2.C2H6.CH4O/c1-10(2,9(11)12)8-6-4-3-5-7-8;2*1-2/h3-7H,1-2H3,(H,11,12);1-2H3;2H,1H3. The highest BCUT2D eigenvalue weighted by atomic mass is 16.4. The van der Waals surface area contributed by atoms with E-state index in [0.717, 1.165) is 12.7 Å². The highest BCUT2D eigenvalue weighted by Crippen LogP contribution is 2.22. The molecule has 0 unspecified atom stereocenters. The summed E-state index contributed by atoms with van der Waals surface area (Å²) in [6.07, 6.45) is 0. The van der Waals surface area contributed by atoms with Gasteiger partial charge < -0.3 is 10.2 Å². The van der Waals surface area contributed by atoms with Crippen LogP contribution in [-0.2, 0) is 10.2 Å². The van der Waals surface area contributed by atoms with Crippen LogP contribution in [0, 0.1) is 0 Å². The molecular formula is C13H22O3. The van der Waals surface area contributed by atoms with Gasteiger partial charge in [0, 0.05) is 7.11 Å². The molecule has 0 bridgehead atoms. The van der Waals surface area contributed by atoms with Gasteiger partial charge in [-0.2, -0.15) is 0 Å². The normalized spacial score (nSPS) is 9.12. The molecule has 0 aromatic heterocycles. The molecule has 0 saturated heterocycles. The number of aliphatic hydroxyl groups excluding tert-OH is 1. The molecule has 0 spiro atoms. The van der Waals surface area contributed by atoms with E-state index >= 15 is 0 Å². The van der Waals surface area contributed by atoms with Gasteiger partial charge in [0.05, 0.1) is 5.41 Å². The van der Waals surface area contributed by atoms with Crippen molar-refractivity contribution in [2.24, 2.45) is 0 Å². The quantitative estimate of drug-likeness (QED) is 0.815. The molecule has 0 amide bonds. The summed E-state index contributed by atoms with van der Waals surface area (Å²) in [5, 5.41) is 15.9. The summed E-state index contributed by atoms with van der Waals surface area (Å²) < 4.78 is 0. The van der Waals surface area contributed by atoms with Gasteiger partial charge in [0.25, 0.3) is 0 Å². The second-order valence-corrected chi connectivity index (χ2v) is 3.30. The maximum atomic E-state index is 10.8. The molecule has 92 valence electrons. The Morgan fingerprint density at radius 3 is 1.75 bits per heavy atom. The number of carbonyl (C=O) groups is 1. The molecule has 2 N–H and O–H groups in total. The van der Waals surface area contributed by atoms with Crippen molar-refractivity contribution in [2.45, 2.75) is 33.1 Å². The Balaban J connectivity index is 0. The van der Waals surface area contributed by atoms with E-state index in [1.807, 2.05) is 44.2 Å². The second-order valence-electron chi connectivity index (χ2n) is 3.30. The van der Waals surface area contributed by atoms with Crippen molar-refractivity contribution in [3.8, 4) is 0 Å². The third-order valence-corrected chi connectivity index (χ3v) is 2.03. The molecule has 0 saturated carbocycles. The highest BCUT2D eigenvalue weighted by molar-refractivity contribution is 5.80. The zero-order valence-corrected chi connectivity index (χ0v) is 10.7. The Bertz CT molecular complexity index is 278. The lowest BCUT2D eigenvalue weighted by Gasteiger charge is -2.18. The van der Waals surface area contributed by atoms with E-state index in [1.54, 1.807) is 13.8 Å². The first kappa shape index (κ1) is 17.1. The van der Waals surface area contributed by atoms with Crippen LogP contribution in [-0.4, -0.2) is 23.3 Å². The molecule has 0 aliphatic heterocycles. The number of hydrogen-bond acceptors (Lipinski definition) is 2. The van der Waals surface area contributed by atoms with Crippen molar-refractivity contribution in [3.63, 3.8) is 0 Å². The van der Waals surface area contributed by atoms with Crippen molar-refractivity contribution in [1.29, 1.82) is 0 Å². The Hall–Kier alpha value is -1.35. The van der Waals surface area contributed by atoms with E-state index in [-0.39, 0.29) is 0 Å². The van der Waals surface area contributed by atoms with Gasteiger partial charge in [-0.1, -0.05) is 44.2 Å². The molecule has 3 heteroatoms. The monoisotopic (exact) mass is 226 g/mol. The van der Waals surface area contributed by atoms with E-state index in [1.165, 1.54) is 0 Å². The largest absolute Gasteiger partial charge is 0.481 e. The summed E-state index contributed by atoms with van der Waals surface area (Å²) in [6, 6.07) is 9.23. The minimum atomic E-state index is -0.797. The highest BCUT2D eigenvalue weighted by Gasteiger charge is 2.28. The van der Waals surface area contributed by atoms with Crippen molar-refractivity contribution >= 4 is 5.97 Å². The number of rotatable bonds is 2. The zero-order valence-electron chi connectivity index (χ0n) is 10.7. The van der Waals surface area contributed by atoms with Crippen LogP contribution < -0.4 is 0 Å². The fourth-order valence-electron chi connectivity index (χ4n) is 0.978. The first-order valence-electron chi connectivity index (χ1n) is 5.29. The molecule has 3 nitrogen and oxygen atoms in total. The topological polar surface area (TPSA) is 57.5 Å². The van der Waals surface area contributed by atoms with Gasteiger partial charge >= 0.3 is 5.97 Å². The lowest BCUT2D eigenvalue weighted by atomic mass is 9.85. The Labute approximate surface area is 97.7 Å². The molecule has 1 aromatic carbocycles. The molecule has 0 heterocycles. The van der Waals surface area contributed by atoms with Gasteiger partial charge in [0.1, 0.15) is 0 Å². The van der Waals surface area contributed by atoms with Gasteiger partial charge in [-0.05, 0) is 19.4 Å². The zero-order chi connectivity index (χ0) is 13.2. The first-order valence-corrected chi connectivity index (χ1v) is 5.29. The molecule has 0 atom stereocenters. The molecule has 0 radical (unpaired) electrons. The van der Waals surface area contributed by atoms with Gasteiger partial charge in [-0.15, -0.1) is 0 Å². The molecule has 0 fully saturated rings. The maximum absolute atomic E-state index is 10.8. The number of carboxylic acids is 1. The van der Waals surface area contributed by atoms with Gasteiger partial charge in [-0.25, -0.2) is 0 Å². The van der Waals surface area contributed by atoms with Crippen LogP contribution in [0.2, 0.25) is 0 Å². The third-order valence-electron chi connectivity index (χ3n) is 2.03.